The molecule has 2 rings (SSSR count). The van der Waals surface area contributed by atoms with Crippen LogP contribution in [0.4, 0.5) is 5.69 Å². The third kappa shape index (κ3) is 5.82. The lowest BCUT2D eigenvalue weighted by Gasteiger charge is -2.21. The highest BCUT2D eigenvalue weighted by molar-refractivity contribution is 14.1. The number of sulfonamides is 1. The fourth-order valence-corrected chi connectivity index (χ4v) is 3.41. The minimum Gasteiger partial charge on any atom is -0.459 e. The van der Waals surface area contributed by atoms with Crippen molar-refractivity contribution in [2.24, 2.45) is 5.10 Å². The quantitative estimate of drug-likeness (QED) is 0.347. The summed E-state index contributed by atoms with van der Waals surface area (Å²) in [5, 5.41) is 3.78. The molecule has 1 heterocycles. The smallest absolute Gasteiger partial charge is 0.260 e. The number of aryl methyl sites for hydroxylation is 1. The maximum atomic E-state index is 12.0. The first-order valence-electron chi connectivity index (χ1n) is 6.98. The van der Waals surface area contributed by atoms with Gasteiger partial charge >= 0.3 is 0 Å². The van der Waals surface area contributed by atoms with Crippen LogP contribution in [0.1, 0.15) is 11.5 Å². The Morgan fingerprint density at radius 1 is 1.40 bits per heavy atom. The van der Waals surface area contributed by atoms with Crippen LogP contribution in [-0.4, -0.2) is 33.3 Å². The topological polar surface area (TPSA) is 92.0 Å². The van der Waals surface area contributed by atoms with Gasteiger partial charge in [-0.15, -0.1) is 0 Å². The molecule has 2 aromatic rings. The fourth-order valence-electron chi connectivity index (χ4n) is 1.89. The van der Waals surface area contributed by atoms with Gasteiger partial charge in [-0.05, 0) is 69.7 Å². The summed E-state index contributed by atoms with van der Waals surface area (Å²) in [5.41, 5.74) is 2.70. The average molecular weight is 540 g/mol. The average Bonchev–Trinajstić information content (AvgIpc) is 2.83. The number of carbonyl (C=O) groups excluding carboxylic acids is 1. The van der Waals surface area contributed by atoms with E-state index in [0.29, 0.717) is 17.2 Å². The highest BCUT2D eigenvalue weighted by atomic mass is 127. The van der Waals surface area contributed by atoms with E-state index in [-0.39, 0.29) is 6.54 Å². The first kappa shape index (κ1) is 19.9. The van der Waals surface area contributed by atoms with Crippen LogP contribution in [0.15, 0.2) is 44.3 Å². The Bertz CT molecular complexity index is 875. The van der Waals surface area contributed by atoms with Gasteiger partial charge in [-0.25, -0.2) is 13.8 Å². The zero-order valence-electron chi connectivity index (χ0n) is 13.4. The first-order chi connectivity index (χ1) is 11.7. The molecule has 7 nitrogen and oxygen atoms in total. The Morgan fingerprint density at radius 2 is 2.04 bits per heavy atom. The van der Waals surface area contributed by atoms with Crippen molar-refractivity contribution in [3.05, 3.63) is 49.9 Å². The van der Waals surface area contributed by atoms with Gasteiger partial charge in [0, 0.05) is 9.64 Å². The lowest BCUT2D eigenvalue weighted by molar-refractivity contribution is -0.119. The number of benzene rings is 1. The van der Waals surface area contributed by atoms with E-state index in [1.807, 2.05) is 0 Å². The van der Waals surface area contributed by atoms with Crippen molar-refractivity contribution in [2.75, 3.05) is 17.1 Å². The normalized spacial score (nSPS) is 11.7. The number of carbonyl (C=O) groups is 1. The van der Waals surface area contributed by atoms with Crippen molar-refractivity contribution in [1.29, 1.82) is 0 Å². The molecule has 1 amide bonds. The standard InChI is InChI=1S/C15H15BrIN3O4S/c1-10-14(16)7-13(24-10)8-18-19-15(21)9-20(25(2,22)23)12-5-3-11(17)4-6-12/h3-8H,9H2,1-2H3,(H,19,21)/b18-8-. The zero-order valence-corrected chi connectivity index (χ0v) is 17.9. The van der Waals surface area contributed by atoms with Crippen molar-refractivity contribution in [1.82, 2.24) is 5.43 Å². The Labute approximate surface area is 167 Å². The van der Waals surface area contributed by atoms with E-state index in [1.54, 1.807) is 37.3 Å². The molecule has 1 N–H and O–H groups in total. The highest BCUT2D eigenvalue weighted by Crippen LogP contribution is 2.20. The second-order valence-corrected chi connectivity index (χ2v) is 9.10. The molecular weight excluding hydrogens is 525 g/mol. The van der Waals surface area contributed by atoms with Gasteiger partial charge in [0.2, 0.25) is 10.0 Å². The van der Waals surface area contributed by atoms with Crippen molar-refractivity contribution >= 4 is 66.4 Å². The summed E-state index contributed by atoms with van der Waals surface area (Å²) >= 11 is 5.42. The maximum absolute atomic E-state index is 12.0. The van der Waals surface area contributed by atoms with Gasteiger partial charge in [-0.3, -0.25) is 9.10 Å². The highest BCUT2D eigenvalue weighted by Gasteiger charge is 2.20. The van der Waals surface area contributed by atoms with Crippen LogP contribution in [0.2, 0.25) is 0 Å². The molecule has 0 radical (unpaired) electrons. The summed E-state index contributed by atoms with van der Waals surface area (Å²) < 4.78 is 32.1. The van der Waals surface area contributed by atoms with Gasteiger partial charge in [0.1, 0.15) is 18.1 Å². The van der Waals surface area contributed by atoms with E-state index in [1.165, 1.54) is 6.21 Å². The maximum Gasteiger partial charge on any atom is 0.260 e. The van der Waals surface area contributed by atoms with Crippen LogP contribution in [0, 0.1) is 10.5 Å². The molecule has 1 aromatic heterocycles. The Kier molecular flexibility index (Phi) is 6.63. The Balaban J connectivity index is 2.06. The minimum atomic E-state index is -3.61. The Morgan fingerprint density at radius 3 is 2.56 bits per heavy atom. The van der Waals surface area contributed by atoms with E-state index in [2.05, 4.69) is 49.0 Å². The predicted octanol–water partition coefficient (Wildman–Crippen LogP) is 2.87. The number of hydrazone groups is 1. The van der Waals surface area contributed by atoms with E-state index in [0.717, 1.165) is 18.6 Å². The molecule has 0 atom stereocenters. The molecular formula is C15H15BrIN3O4S. The molecule has 0 spiro atoms. The van der Waals surface area contributed by atoms with Crippen LogP contribution < -0.4 is 9.73 Å². The molecule has 134 valence electrons. The monoisotopic (exact) mass is 539 g/mol. The van der Waals surface area contributed by atoms with Crippen LogP contribution >= 0.6 is 38.5 Å². The van der Waals surface area contributed by atoms with Crippen molar-refractivity contribution in [3.8, 4) is 0 Å². The fraction of sp³-hybridized carbons (Fsp3) is 0.200. The zero-order chi connectivity index (χ0) is 18.6. The SMILES string of the molecule is Cc1oc(/C=N\NC(=O)CN(c2ccc(I)cc2)S(C)(=O)=O)cc1Br. The second-order valence-electron chi connectivity index (χ2n) is 5.09. The molecule has 0 bridgehead atoms. The second kappa shape index (κ2) is 8.32. The number of furan rings is 1. The van der Waals surface area contributed by atoms with E-state index in [4.69, 9.17) is 4.42 Å². The number of anilines is 1. The van der Waals surface area contributed by atoms with Gasteiger partial charge < -0.3 is 4.42 Å². The Hall–Kier alpha value is -1.40. The predicted molar refractivity (Wildman–Crippen MR) is 108 cm³/mol. The summed E-state index contributed by atoms with van der Waals surface area (Å²) in [6, 6.07) is 8.52. The van der Waals surface area contributed by atoms with Gasteiger partial charge in [-0.1, -0.05) is 0 Å². The number of amides is 1. The minimum absolute atomic E-state index is 0.377. The van der Waals surface area contributed by atoms with Gasteiger partial charge in [-0.2, -0.15) is 5.10 Å². The largest absolute Gasteiger partial charge is 0.459 e. The van der Waals surface area contributed by atoms with Crippen LogP contribution in [0.3, 0.4) is 0 Å². The van der Waals surface area contributed by atoms with Gasteiger partial charge in [0.25, 0.3) is 5.91 Å². The van der Waals surface area contributed by atoms with Gasteiger partial charge in [0.05, 0.1) is 22.6 Å². The van der Waals surface area contributed by atoms with Crippen molar-refractivity contribution in [2.45, 2.75) is 6.92 Å². The lowest BCUT2D eigenvalue weighted by atomic mass is 10.3. The van der Waals surface area contributed by atoms with Crippen LogP contribution in [0.25, 0.3) is 0 Å². The molecule has 0 unspecified atom stereocenters. The van der Waals surface area contributed by atoms with E-state index in [9.17, 15) is 13.2 Å². The van der Waals surface area contributed by atoms with Gasteiger partial charge in [0.15, 0.2) is 0 Å². The van der Waals surface area contributed by atoms with Crippen LogP contribution in [0.5, 0.6) is 0 Å². The molecule has 0 saturated heterocycles. The first-order valence-corrected chi connectivity index (χ1v) is 10.7. The third-order valence-corrected chi connectivity index (χ3v) is 5.71. The number of halogens is 2. The van der Waals surface area contributed by atoms with Crippen molar-refractivity contribution in [3.63, 3.8) is 0 Å². The molecule has 0 aliphatic carbocycles. The molecule has 25 heavy (non-hydrogen) atoms. The summed E-state index contributed by atoms with van der Waals surface area (Å²) in [6.45, 7) is 1.41. The molecule has 0 aliphatic rings. The molecule has 10 heteroatoms. The lowest BCUT2D eigenvalue weighted by Crippen LogP contribution is -2.39. The number of hydrogen-bond acceptors (Lipinski definition) is 5. The molecule has 0 aliphatic heterocycles. The third-order valence-electron chi connectivity index (χ3n) is 3.06. The number of rotatable bonds is 6. The molecule has 1 aromatic carbocycles. The van der Waals surface area contributed by atoms with Crippen LogP contribution in [-0.2, 0) is 14.8 Å². The molecule has 0 fully saturated rings. The number of hydrogen-bond donors (Lipinski definition) is 1. The number of nitrogens with zero attached hydrogens (tertiary/aromatic N) is 2. The number of nitrogens with one attached hydrogen (secondary N) is 1. The van der Waals surface area contributed by atoms with E-state index < -0.39 is 15.9 Å². The molecule has 0 saturated carbocycles. The summed E-state index contributed by atoms with van der Waals surface area (Å²) in [4.78, 5) is 12.0. The van der Waals surface area contributed by atoms with E-state index >= 15 is 0 Å². The summed E-state index contributed by atoms with van der Waals surface area (Å²) in [5.74, 6) is 0.583. The summed E-state index contributed by atoms with van der Waals surface area (Å²) in [7, 11) is -3.61. The summed E-state index contributed by atoms with van der Waals surface area (Å²) in [6.07, 6.45) is 2.38. The van der Waals surface area contributed by atoms with Crippen molar-refractivity contribution < 1.29 is 17.6 Å².